The highest BCUT2D eigenvalue weighted by molar-refractivity contribution is 4.64. The molecule has 0 saturated carbocycles. The summed E-state index contributed by atoms with van der Waals surface area (Å²) >= 11 is 0. The van der Waals surface area contributed by atoms with Gasteiger partial charge in [-0.2, -0.15) is 0 Å². The van der Waals surface area contributed by atoms with Crippen molar-refractivity contribution in [2.24, 2.45) is 0 Å². The van der Waals surface area contributed by atoms with Gasteiger partial charge in [0, 0.05) is 0 Å². The summed E-state index contributed by atoms with van der Waals surface area (Å²) in [6.07, 6.45) is -2.63. The number of aliphatic hydroxyl groups excluding tert-OH is 2. The summed E-state index contributed by atoms with van der Waals surface area (Å²) in [5.74, 6) is -0.0833. The molecule has 0 spiro atoms. The predicted octanol–water partition coefficient (Wildman–Crippen LogP) is -1.44. The first-order valence-corrected chi connectivity index (χ1v) is 2.74. The molecular formula is C6H13O4-. The average molecular weight is 149 g/mol. The van der Waals surface area contributed by atoms with Gasteiger partial charge in [-0.25, -0.2) is 0 Å². The normalized spacial score (nSPS) is 11.8. The molecule has 0 aromatic carbocycles. The first kappa shape index (κ1) is 12.1. The van der Waals surface area contributed by atoms with Crippen LogP contribution in [0.25, 0.3) is 0 Å². The lowest BCUT2D eigenvalue weighted by atomic mass is 10.4. The van der Waals surface area contributed by atoms with Crippen molar-refractivity contribution in [2.45, 2.75) is 26.2 Å². The Balaban J connectivity index is 0. The number of aliphatic hydroxyl groups is 3. The molecule has 0 rings (SSSR count). The van der Waals surface area contributed by atoms with Crippen molar-refractivity contribution in [3.8, 4) is 0 Å². The summed E-state index contributed by atoms with van der Waals surface area (Å²) in [6.45, 7) is 5.71. The Kier molecular flexibility index (Phi) is 7.93. The van der Waals surface area contributed by atoms with Crippen molar-refractivity contribution in [3.05, 3.63) is 12.3 Å². The minimum atomic E-state index is -1.59. The van der Waals surface area contributed by atoms with Gasteiger partial charge in [-0.1, -0.05) is 6.92 Å². The van der Waals surface area contributed by atoms with Crippen molar-refractivity contribution in [1.29, 1.82) is 0 Å². The predicted molar refractivity (Wildman–Crippen MR) is 34.7 cm³/mol. The van der Waals surface area contributed by atoms with E-state index in [-0.39, 0.29) is 5.76 Å². The average Bonchev–Trinajstić information content (AvgIpc) is 1.63. The van der Waals surface area contributed by atoms with Gasteiger partial charge in [0.05, 0.1) is 0 Å². The van der Waals surface area contributed by atoms with Gasteiger partial charge in [-0.3, -0.25) is 0 Å². The molecule has 3 N–H and O–H groups in total. The fraction of sp³-hybridized carbons (Fsp3) is 0.667. The molecule has 0 fully saturated rings. The molecule has 10 heavy (non-hydrogen) atoms. The topological polar surface area (TPSA) is 83.8 Å². The van der Waals surface area contributed by atoms with Gasteiger partial charge >= 0.3 is 0 Å². The highest BCUT2D eigenvalue weighted by Gasteiger charge is 2.01. The van der Waals surface area contributed by atoms with Crippen LogP contribution >= 0.6 is 0 Å². The minimum absolute atomic E-state index is 0.0833. The Morgan fingerprint density at radius 1 is 1.40 bits per heavy atom. The second-order valence-corrected chi connectivity index (χ2v) is 1.86. The van der Waals surface area contributed by atoms with E-state index in [2.05, 4.69) is 6.58 Å². The zero-order valence-corrected chi connectivity index (χ0v) is 6.11. The van der Waals surface area contributed by atoms with Crippen molar-refractivity contribution < 1.29 is 20.4 Å². The van der Waals surface area contributed by atoms with Crippen LogP contribution in [0.1, 0.15) is 13.8 Å². The van der Waals surface area contributed by atoms with E-state index in [4.69, 9.17) is 15.3 Å². The van der Waals surface area contributed by atoms with Crippen molar-refractivity contribution >= 4 is 0 Å². The summed E-state index contributed by atoms with van der Waals surface area (Å²) in [5.41, 5.74) is 0. The third-order valence-electron chi connectivity index (χ3n) is 0.431. The van der Waals surface area contributed by atoms with Crippen LogP contribution in [0.2, 0.25) is 0 Å². The summed E-state index contributed by atoms with van der Waals surface area (Å²) in [4.78, 5) is 0. The van der Waals surface area contributed by atoms with Gasteiger partial charge in [-0.05, 0) is 6.92 Å². The first-order chi connectivity index (χ1) is 4.37. The second kappa shape index (κ2) is 6.54. The maximum absolute atomic E-state index is 9.33. The molecule has 0 aromatic rings. The Hall–Kier alpha value is -0.580. The summed E-state index contributed by atoms with van der Waals surface area (Å²) in [5, 5.41) is 33.3. The highest BCUT2D eigenvalue weighted by atomic mass is 16.5. The highest BCUT2D eigenvalue weighted by Crippen LogP contribution is 1.81. The van der Waals surface area contributed by atoms with Crippen molar-refractivity contribution in [1.82, 2.24) is 0 Å². The number of allylic oxidation sites excluding steroid dienone is 1. The van der Waals surface area contributed by atoms with Crippen LogP contribution in [-0.2, 0) is 0 Å². The molecule has 0 aromatic heterocycles. The molecule has 4 heteroatoms. The van der Waals surface area contributed by atoms with E-state index < -0.39 is 12.4 Å². The smallest absolute Gasteiger partial charge is 0.177 e. The molecule has 0 saturated heterocycles. The van der Waals surface area contributed by atoms with E-state index in [0.29, 0.717) is 0 Å². The van der Waals surface area contributed by atoms with Crippen LogP contribution in [0.3, 0.4) is 0 Å². The van der Waals surface area contributed by atoms with E-state index >= 15 is 0 Å². The van der Waals surface area contributed by atoms with Gasteiger partial charge in [-0.15, -0.1) is 12.3 Å². The first-order valence-electron chi connectivity index (χ1n) is 2.74. The molecule has 1 unspecified atom stereocenters. The summed E-state index contributed by atoms with van der Waals surface area (Å²) in [6, 6.07) is 0. The fourth-order valence-electron chi connectivity index (χ4n) is 0. The van der Waals surface area contributed by atoms with Crippen LogP contribution in [0, 0.1) is 0 Å². The lowest BCUT2D eigenvalue weighted by Gasteiger charge is -2.02. The molecular weight excluding hydrogens is 136 g/mol. The van der Waals surface area contributed by atoms with E-state index in [0.717, 1.165) is 0 Å². The largest absolute Gasteiger partial charge is 0.876 e. The Labute approximate surface area is 60.1 Å². The monoisotopic (exact) mass is 149 g/mol. The molecule has 1 atom stereocenters. The van der Waals surface area contributed by atoms with E-state index in [9.17, 15) is 5.11 Å². The van der Waals surface area contributed by atoms with Crippen molar-refractivity contribution in [2.75, 3.05) is 0 Å². The lowest BCUT2D eigenvalue weighted by molar-refractivity contribution is -0.300. The van der Waals surface area contributed by atoms with Crippen LogP contribution in [0.4, 0.5) is 0 Å². The van der Waals surface area contributed by atoms with Crippen molar-refractivity contribution in [3.63, 3.8) is 0 Å². The second-order valence-electron chi connectivity index (χ2n) is 1.86. The van der Waals surface area contributed by atoms with Gasteiger partial charge in [0.15, 0.2) is 6.29 Å². The minimum Gasteiger partial charge on any atom is -0.876 e. The summed E-state index contributed by atoms with van der Waals surface area (Å²) < 4.78 is 0. The quantitative estimate of drug-likeness (QED) is 0.315. The van der Waals surface area contributed by atoms with E-state index in [1.165, 1.54) is 13.8 Å². The Morgan fingerprint density at radius 2 is 1.50 bits per heavy atom. The zero-order valence-electron chi connectivity index (χ0n) is 6.11. The fourth-order valence-corrected chi connectivity index (χ4v) is 0. The van der Waals surface area contributed by atoms with Gasteiger partial charge in [0.25, 0.3) is 0 Å². The standard InChI is InChI=1S/C3H8O3.C3H6O/c1-2(4)3(5)6;1-3(2)4/h2-6H,1H3;4H,1H2,2H3/p-1. The molecule has 0 aliphatic heterocycles. The maximum Gasteiger partial charge on any atom is 0.177 e. The molecule has 0 bridgehead atoms. The number of hydrogen-bond donors (Lipinski definition) is 3. The third kappa shape index (κ3) is 26.1. The molecule has 4 nitrogen and oxygen atoms in total. The summed E-state index contributed by atoms with van der Waals surface area (Å²) in [7, 11) is 0. The van der Waals surface area contributed by atoms with Crippen LogP contribution in [0.15, 0.2) is 12.3 Å². The molecule has 0 heterocycles. The lowest BCUT2D eigenvalue weighted by Crippen LogP contribution is -2.20. The SMILES string of the molecule is C=C(C)[O-].CC(O)C(O)O. The molecule has 0 aliphatic carbocycles. The zero-order chi connectivity index (χ0) is 8.73. The molecule has 62 valence electrons. The Morgan fingerprint density at radius 3 is 1.50 bits per heavy atom. The molecule has 0 radical (unpaired) electrons. The maximum atomic E-state index is 9.33. The number of hydrogen-bond acceptors (Lipinski definition) is 4. The third-order valence-corrected chi connectivity index (χ3v) is 0.431. The molecule has 0 aliphatic rings. The molecule has 0 amide bonds. The Bertz CT molecular complexity index is 77.7. The van der Waals surface area contributed by atoms with Crippen LogP contribution < -0.4 is 5.11 Å². The van der Waals surface area contributed by atoms with Crippen LogP contribution in [-0.4, -0.2) is 27.7 Å². The van der Waals surface area contributed by atoms with E-state index in [1.807, 2.05) is 0 Å². The van der Waals surface area contributed by atoms with Gasteiger partial charge < -0.3 is 20.4 Å². The van der Waals surface area contributed by atoms with Crippen LogP contribution in [0.5, 0.6) is 0 Å². The number of rotatable bonds is 1. The van der Waals surface area contributed by atoms with E-state index in [1.54, 1.807) is 0 Å². The van der Waals surface area contributed by atoms with Gasteiger partial charge in [0.1, 0.15) is 6.10 Å². The van der Waals surface area contributed by atoms with Gasteiger partial charge in [0.2, 0.25) is 0 Å².